The van der Waals surface area contributed by atoms with Crippen molar-refractivity contribution in [2.75, 3.05) is 0 Å². The maximum atomic E-state index is 2.22. The summed E-state index contributed by atoms with van der Waals surface area (Å²) in [5.41, 5.74) is 5.54. The molecule has 0 heterocycles. The van der Waals surface area contributed by atoms with Crippen molar-refractivity contribution in [3.8, 4) is 0 Å². The minimum Gasteiger partial charge on any atom is -0.0617 e. The molecule has 0 N–H and O–H groups in total. The molecular weight excluding hydrogens is 216 g/mol. The monoisotopic (exact) mass is 240 g/mol. The van der Waals surface area contributed by atoms with Crippen molar-refractivity contribution in [1.82, 2.24) is 0 Å². The van der Waals surface area contributed by atoms with E-state index in [0.29, 0.717) is 0 Å². The zero-order chi connectivity index (χ0) is 13.4. The van der Waals surface area contributed by atoms with Gasteiger partial charge in [0.15, 0.2) is 0 Å². The molecule has 0 radical (unpaired) electrons. The van der Waals surface area contributed by atoms with Crippen LogP contribution in [0.1, 0.15) is 36.1 Å². The zero-order valence-electron chi connectivity index (χ0n) is 12.0. The maximum absolute atomic E-state index is 2.22. The molecule has 0 atom stereocenters. The first-order valence-electron chi connectivity index (χ1n) is 6.76. The Labute approximate surface area is 112 Å². The van der Waals surface area contributed by atoms with E-state index < -0.39 is 0 Å². The highest BCUT2D eigenvalue weighted by Gasteiger charge is 1.86. The lowest BCUT2D eigenvalue weighted by Crippen LogP contribution is -1.78. The Morgan fingerprint density at radius 2 is 1.28 bits per heavy atom. The minimum absolute atomic E-state index is 1.14. The van der Waals surface area contributed by atoms with Crippen LogP contribution in [-0.2, 0) is 12.8 Å². The summed E-state index contributed by atoms with van der Waals surface area (Å²) in [5.74, 6) is 0. The summed E-state index contributed by atoms with van der Waals surface area (Å²) >= 11 is 0. The highest BCUT2D eigenvalue weighted by atomic mass is 13.9. The Bertz CT molecular complexity index is 452. The Kier molecular flexibility index (Phi) is 6.21. The molecule has 0 heteroatoms. The van der Waals surface area contributed by atoms with Gasteiger partial charge >= 0.3 is 0 Å². The van der Waals surface area contributed by atoms with Crippen molar-refractivity contribution in [2.45, 2.75) is 40.5 Å². The molecule has 0 aliphatic carbocycles. The summed E-state index contributed by atoms with van der Waals surface area (Å²) in [4.78, 5) is 0. The van der Waals surface area contributed by atoms with E-state index in [1.807, 2.05) is 0 Å². The lowest BCUT2D eigenvalue weighted by molar-refractivity contribution is 1.13. The average molecular weight is 240 g/mol. The number of hydrogen-bond acceptors (Lipinski definition) is 0. The summed E-state index contributed by atoms with van der Waals surface area (Å²) in [6.07, 6.45) is 2.28. The molecule has 18 heavy (non-hydrogen) atoms. The van der Waals surface area contributed by atoms with Gasteiger partial charge < -0.3 is 0 Å². The van der Waals surface area contributed by atoms with Gasteiger partial charge in [-0.25, -0.2) is 0 Å². The summed E-state index contributed by atoms with van der Waals surface area (Å²) < 4.78 is 0. The predicted molar refractivity (Wildman–Crippen MR) is 81.1 cm³/mol. The molecule has 0 amide bonds. The fraction of sp³-hybridized carbons (Fsp3) is 0.333. The number of benzene rings is 2. The molecule has 0 spiro atoms. The highest BCUT2D eigenvalue weighted by Crippen LogP contribution is 2.03. The fourth-order valence-electron chi connectivity index (χ4n) is 1.76. The van der Waals surface area contributed by atoms with Crippen LogP contribution in [0.15, 0.2) is 48.5 Å². The van der Waals surface area contributed by atoms with Gasteiger partial charge in [0, 0.05) is 0 Å². The van der Waals surface area contributed by atoms with Crippen LogP contribution in [-0.4, -0.2) is 0 Å². The van der Waals surface area contributed by atoms with Crippen molar-refractivity contribution >= 4 is 0 Å². The Balaban J connectivity index is 0.000000180. The van der Waals surface area contributed by atoms with Crippen LogP contribution >= 0.6 is 0 Å². The molecule has 96 valence electrons. The highest BCUT2D eigenvalue weighted by molar-refractivity contribution is 5.22. The van der Waals surface area contributed by atoms with E-state index in [1.165, 1.54) is 22.3 Å². The average Bonchev–Trinajstić information content (AvgIpc) is 2.40. The van der Waals surface area contributed by atoms with Gasteiger partial charge in [-0.15, -0.1) is 0 Å². The minimum atomic E-state index is 1.14. The lowest BCUT2D eigenvalue weighted by Gasteiger charge is -1.95. The first-order chi connectivity index (χ1) is 8.65. The SMILES string of the molecule is CCc1ccc(C)cc1.CCc1cccc(C)c1. The topological polar surface area (TPSA) is 0 Å². The normalized spacial score (nSPS) is 9.56. The first-order valence-corrected chi connectivity index (χ1v) is 6.76. The Morgan fingerprint density at radius 1 is 0.667 bits per heavy atom. The van der Waals surface area contributed by atoms with Gasteiger partial charge in [0.05, 0.1) is 0 Å². The van der Waals surface area contributed by atoms with Crippen LogP contribution in [0.4, 0.5) is 0 Å². The molecule has 0 fully saturated rings. The summed E-state index contributed by atoms with van der Waals surface area (Å²) in [7, 11) is 0. The van der Waals surface area contributed by atoms with Gasteiger partial charge in [-0.3, -0.25) is 0 Å². The van der Waals surface area contributed by atoms with E-state index in [4.69, 9.17) is 0 Å². The third-order valence-electron chi connectivity index (χ3n) is 3.02. The van der Waals surface area contributed by atoms with E-state index in [9.17, 15) is 0 Å². The van der Waals surface area contributed by atoms with Gasteiger partial charge in [0.25, 0.3) is 0 Å². The van der Waals surface area contributed by atoms with Crippen molar-refractivity contribution in [3.05, 3.63) is 70.8 Å². The molecule has 0 aliphatic heterocycles. The van der Waals surface area contributed by atoms with Gasteiger partial charge in [-0.2, -0.15) is 0 Å². The molecule has 0 saturated heterocycles. The molecule has 0 bridgehead atoms. The smallest absolute Gasteiger partial charge is 0.0307 e. The molecule has 0 saturated carbocycles. The standard InChI is InChI=1S/2C9H12/c1-3-9-6-4-8(2)5-7-9;1-3-9-6-4-5-8(2)7-9/h2*4-7H,3H2,1-2H3. The second-order valence-electron chi connectivity index (χ2n) is 4.68. The van der Waals surface area contributed by atoms with E-state index in [1.54, 1.807) is 0 Å². The molecule has 0 nitrogen and oxygen atoms in total. The van der Waals surface area contributed by atoms with Gasteiger partial charge in [0.2, 0.25) is 0 Å². The lowest BCUT2D eigenvalue weighted by atomic mass is 10.1. The molecule has 0 unspecified atom stereocenters. The number of aryl methyl sites for hydroxylation is 4. The van der Waals surface area contributed by atoms with Gasteiger partial charge in [0.1, 0.15) is 0 Å². The Hall–Kier alpha value is -1.56. The Morgan fingerprint density at radius 3 is 1.72 bits per heavy atom. The zero-order valence-corrected chi connectivity index (χ0v) is 12.0. The first kappa shape index (κ1) is 14.5. The van der Waals surface area contributed by atoms with E-state index in [-0.39, 0.29) is 0 Å². The quantitative estimate of drug-likeness (QED) is 0.684. The van der Waals surface area contributed by atoms with Crippen LogP contribution in [0, 0.1) is 13.8 Å². The van der Waals surface area contributed by atoms with Crippen molar-refractivity contribution in [2.24, 2.45) is 0 Å². The van der Waals surface area contributed by atoms with Crippen molar-refractivity contribution in [1.29, 1.82) is 0 Å². The van der Waals surface area contributed by atoms with Crippen LogP contribution in [0.2, 0.25) is 0 Å². The molecule has 0 aromatic heterocycles. The second kappa shape index (κ2) is 7.71. The molecular formula is C18H24. The molecule has 0 aliphatic rings. The predicted octanol–water partition coefficient (Wildman–Crippen LogP) is 5.11. The largest absolute Gasteiger partial charge is 0.0617 e. The van der Waals surface area contributed by atoms with Crippen molar-refractivity contribution in [3.63, 3.8) is 0 Å². The van der Waals surface area contributed by atoms with E-state index >= 15 is 0 Å². The number of rotatable bonds is 2. The second-order valence-corrected chi connectivity index (χ2v) is 4.68. The van der Waals surface area contributed by atoms with Crippen molar-refractivity contribution < 1.29 is 0 Å². The van der Waals surface area contributed by atoms with Crippen LogP contribution < -0.4 is 0 Å². The van der Waals surface area contributed by atoms with E-state index in [0.717, 1.165) is 12.8 Å². The summed E-state index contributed by atoms with van der Waals surface area (Å²) in [5, 5.41) is 0. The molecule has 2 aromatic carbocycles. The number of hydrogen-bond donors (Lipinski definition) is 0. The molecule has 2 rings (SSSR count). The summed E-state index contributed by atoms with van der Waals surface area (Å²) in [6.45, 7) is 8.58. The van der Waals surface area contributed by atoms with Gasteiger partial charge in [-0.05, 0) is 37.8 Å². The van der Waals surface area contributed by atoms with Gasteiger partial charge in [-0.1, -0.05) is 73.5 Å². The van der Waals surface area contributed by atoms with E-state index in [2.05, 4.69) is 76.2 Å². The third-order valence-corrected chi connectivity index (χ3v) is 3.02. The van der Waals surface area contributed by atoms with Crippen LogP contribution in [0.3, 0.4) is 0 Å². The molecule has 2 aromatic rings. The summed E-state index contributed by atoms with van der Waals surface area (Å²) in [6, 6.07) is 17.3. The van der Waals surface area contributed by atoms with Crippen LogP contribution in [0.25, 0.3) is 0 Å². The third kappa shape index (κ3) is 5.18. The maximum Gasteiger partial charge on any atom is -0.0307 e. The fourth-order valence-corrected chi connectivity index (χ4v) is 1.76. The van der Waals surface area contributed by atoms with Crippen LogP contribution in [0.5, 0.6) is 0 Å².